The van der Waals surface area contributed by atoms with Crippen molar-refractivity contribution in [3.05, 3.63) is 129 Å². The Labute approximate surface area is 258 Å². The zero-order valence-corrected chi connectivity index (χ0v) is 26.1. The minimum atomic E-state index is 0.126. The van der Waals surface area contributed by atoms with Gasteiger partial charge in [-0.15, -0.1) is 0 Å². The quantitative estimate of drug-likeness (QED) is 0.220. The summed E-state index contributed by atoms with van der Waals surface area (Å²) in [7, 11) is 0. The minimum absolute atomic E-state index is 0.126. The highest BCUT2D eigenvalue weighted by Gasteiger charge is 2.28. The molecule has 2 N–H and O–H groups in total. The van der Waals surface area contributed by atoms with Crippen LogP contribution in [-0.2, 0) is 6.42 Å². The summed E-state index contributed by atoms with van der Waals surface area (Å²) in [5.41, 5.74) is 8.96. The molecular formula is C41H48O2. The van der Waals surface area contributed by atoms with Crippen LogP contribution in [0, 0.1) is 0 Å². The zero-order valence-electron chi connectivity index (χ0n) is 26.1. The van der Waals surface area contributed by atoms with Crippen molar-refractivity contribution in [2.75, 3.05) is 0 Å². The lowest BCUT2D eigenvalue weighted by Gasteiger charge is -2.28. The molecule has 0 spiro atoms. The normalized spacial score (nSPS) is 17.9. The molecule has 2 aliphatic carbocycles. The molecule has 2 atom stereocenters. The van der Waals surface area contributed by atoms with Crippen LogP contribution in [0.3, 0.4) is 0 Å². The molecule has 4 aromatic rings. The lowest BCUT2D eigenvalue weighted by Crippen LogP contribution is -2.11. The Morgan fingerprint density at radius 2 is 0.884 bits per heavy atom. The number of hydrogen-bond acceptors (Lipinski definition) is 2. The van der Waals surface area contributed by atoms with Gasteiger partial charge in [0.15, 0.2) is 0 Å². The van der Waals surface area contributed by atoms with Crippen molar-refractivity contribution in [1.29, 1.82) is 0 Å². The van der Waals surface area contributed by atoms with Crippen molar-refractivity contribution in [2.45, 2.75) is 108 Å². The SMILES string of the molecule is CC(c1ccccc1)c1ccc(C2CCCCC2)c(O)c1Cc1c(C(C)c2ccccc2)ccc(C2CCCCC2)c1O. The molecule has 2 heteroatoms. The van der Waals surface area contributed by atoms with E-state index in [1.54, 1.807) is 0 Å². The summed E-state index contributed by atoms with van der Waals surface area (Å²) < 4.78 is 0. The summed E-state index contributed by atoms with van der Waals surface area (Å²) in [6, 6.07) is 30.2. The molecule has 2 fully saturated rings. The van der Waals surface area contributed by atoms with Crippen LogP contribution < -0.4 is 0 Å². The first-order valence-corrected chi connectivity index (χ1v) is 16.8. The van der Waals surface area contributed by atoms with E-state index in [4.69, 9.17) is 0 Å². The van der Waals surface area contributed by atoms with Gasteiger partial charge in [0.25, 0.3) is 0 Å². The number of hydrogen-bond donors (Lipinski definition) is 2. The van der Waals surface area contributed by atoms with Crippen LogP contribution in [0.4, 0.5) is 0 Å². The molecule has 43 heavy (non-hydrogen) atoms. The maximum atomic E-state index is 12.2. The Morgan fingerprint density at radius 3 is 1.26 bits per heavy atom. The van der Waals surface area contributed by atoms with Gasteiger partial charge in [-0.1, -0.05) is 137 Å². The standard InChI is InChI=1S/C41H48O2/c1-28(30-15-7-3-8-16-30)34-23-25-36(32-19-11-5-12-20-32)40(42)38(34)27-39-35(29(2)31-17-9-4-10-18-31)24-26-37(41(39)43)33-21-13-6-14-22-33/h3-4,7-10,15-18,23-26,28-29,32-33,42-43H,5-6,11-14,19-22,27H2,1-2H3. The fraction of sp³-hybridized carbons (Fsp3) is 0.415. The summed E-state index contributed by atoms with van der Waals surface area (Å²) in [5, 5.41) is 24.3. The van der Waals surface area contributed by atoms with Gasteiger partial charge in [0.1, 0.15) is 11.5 Å². The van der Waals surface area contributed by atoms with Gasteiger partial charge in [0.05, 0.1) is 0 Å². The lowest BCUT2D eigenvalue weighted by atomic mass is 9.77. The number of benzene rings is 4. The van der Waals surface area contributed by atoms with Crippen molar-refractivity contribution >= 4 is 0 Å². The van der Waals surface area contributed by atoms with Crippen LogP contribution in [0.2, 0.25) is 0 Å². The smallest absolute Gasteiger partial charge is 0.122 e. The van der Waals surface area contributed by atoms with E-state index >= 15 is 0 Å². The predicted molar refractivity (Wildman–Crippen MR) is 179 cm³/mol. The van der Waals surface area contributed by atoms with Gasteiger partial charge in [-0.25, -0.2) is 0 Å². The summed E-state index contributed by atoms with van der Waals surface area (Å²) in [4.78, 5) is 0. The monoisotopic (exact) mass is 572 g/mol. The first-order valence-electron chi connectivity index (χ1n) is 16.8. The third kappa shape index (κ3) is 6.26. The van der Waals surface area contributed by atoms with Crippen molar-refractivity contribution in [1.82, 2.24) is 0 Å². The van der Waals surface area contributed by atoms with Crippen LogP contribution in [0.1, 0.15) is 146 Å². The maximum absolute atomic E-state index is 12.2. The summed E-state index contributed by atoms with van der Waals surface area (Å²) in [6.45, 7) is 4.50. The molecule has 224 valence electrons. The van der Waals surface area contributed by atoms with Gasteiger partial charge in [0.2, 0.25) is 0 Å². The Bertz CT molecular complexity index is 1380. The second-order valence-electron chi connectivity index (χ2n) is 13.3. The highest BCUT2D eigenvalue weighted by molar-refractivity contribution is 5.57. The zero-order chi connectivity index (χ0) is 29.8. The first-order chi connectivity index (χ1) is 21.0. The van der Waals surface area contributed by atoms with Gasteiger partial charge < -0.3 is 10.2 Å². The van der Waals surface area contributed by atoms with E-state index < -0.39 is 0 Å². The Hall–Kier alpha value is -3.52. The molecule has 0 aliphatic heterocycles. The average Bonchev–Trinajstić information content (AvgIpc) is 3.07. The molecule has 6 rings (SSSR count). The van der Waals surface area contributed by atoms with Crippen LogP contribution in [-0.4, -0.2) is 10.2 Å². The fourth-order valence-electron chi connectivity index (χ4n) is 8.03. The molecule has 0 saturated heterocycles. The molecule has 0 radical (unpaired) electrons. The van der Waals surface area contributed by atoms with E-state index in [0.717, 1.165) is 59.1 Å². The van der Waals surface area contributed by atoms with Gasteiger partial charge >= 0.3 is 0 Å². The van der Waals surface area contributed by atoms with E-state index in [1.807, 2.05) is 0 Å². The number of phenolic OH excluding ortho intramolecular Hbond substituents is 2. The van der Waals surface area contributed by atoms with Crippen molar-refractivity contribution in [3.8, 4) is 11.5 Å². The van der Waals surface area contributed by atoms with E-state index in [9.17, 15) is 10.2 Å². The second-order valence-corrected chi connectivity index (χ2v) is 13.3. The second kappa shape index (κ2) is 13.4. The first kappa shape index (κ1) is 29.5. The molecule has 0 aromatic heterocycles. The molecule has 2 unspecified atom stereocenters. The lowest BCUT2D eigenvalue weighted by molar-refractivity contribution is 0.407. The Balaban J connectivity index is 1.50. The van der Waals surface area contributed by atoms with Gasteiger partial charge in [-0.05, 0) is 70.9 Å². The van der Waals surface area contributed by atoms with Gasteiger partial charge in [-0.2, -0.15) is 0 Å². The molecule has 0 amide bonds. The molecular weight excluding hydrogens is 524 g/mol. The topological polar surface area (TPSA) is 40.5 Å². The minimum Gasteiger partial charge on any atom is -0.507 e. The third-order valence-corrected chi connectivity index (χ3v) is 10.7. The van der Waals surface area contributed by atoms with Crippen LogP contribution in [0.25, 0.3) is 0 Å². The number of rotatable bonds is 8. The van der Waals surface area contributed by atoms with E-state index in [1.165, 1.54) is 49.7 Å². The highest BCUT2D eigenvalue weighted by Crippen LogP contribution is 2.46. The van der Waals surface area contributed by atoms with Crippen molar-refractivity contribution < 1.29 is 10.2 Å². The summed E-state index contributed by atoms with van der Waals surface area (Å²) in [6.07, 6.45) is 12.6. The third-order valence-electron chi connectivity index (χ3n) is 10.7. The highest BCUT2D eigenvalue weighted by atomic mass is 16.3. The number of phenols is 2. The number of aromatic hydroxyl groups is 2. The maximum Gasteiger partial charge on any atom is 0.122 e. The average molecular weight is 573 g/mol. The fourth-order valence-corrected chi connectivity index (χ4v) is 8.03. The molecule has 0 heterocycles. The van der Waals surface area contributed by atoms with Crippen LogP contribution in [0.5, 0.6) is 11.5 Å². The Kier molecular flexibility index (Phi) is 9.22. The predicted octanol–water partition coefficient (Wildman–Crippen LogP) is 11.1. The van der Waals surface area contributed by atoms with Crippen molar-refractivity contribution in [2.24, 2.45) is 0 Å². The van der Waals surface area contributed by atoms with E-state index in [-0.39, 0.29) is 11.8 Å². The molecule has 2 aliphatic rings. The summed E-state index contributed by atoms with van der Waals surface area (Å²) in [5.74, 6) is 1.96. The van der Waals surface area contributed by atoms with Crippen LogP contribution >= 0.6 is 0 Å². The van der Waals surface area contributed by atoms with Crippen LogP contribution in [0.15, 0.2) is 84.9 Å². The Morgan fingerprint density at radius 1 is 0.512 bits per heavy atom. The molecule has 2 saturated carbocycles. The van der Waals surface area contributed by atoms with Gasteiger partial charge in [0, 0.05) is 29.4 Å². The molecule has 0 bridgehead atoms. The summed E-state index contributed by atoms with van der Waals surface area (Å²) >= 11 is 0. The molecule has 4 aromatic carbocycles. The van der Waals surface area contributed by atoms with Gasteiger partial charge in [-0.3, -0.25) is 0 Å². The van der Waals surface area contributed by atoms with E-state index in [2.05, 4.69) is 98.8 Å². The van der Waals surface area contributed by atoms with E-state index in [0.29, 0.717) is 29.8 Å². The van der Waals surface area contributed by atoms with Crippen molar-refractivity contribution in [3.63, 3.8) is 0 Å². The molecule has 2 nitrogen and oxygen atoms in total. The largest absolute Gasteiger partial charge is 0.507 e.